The number of rotatable bonds is 6. The second-order valence-electron chi connectivity index (χ2n) is 9.05. The smallest absolute Gasteiger partial charge is 0.330 e. The molecular weight excluding hydrogens is 462 g/mol. The number of amides is 1. The Hall–Kier alpha value is -4.05. The van der Waals surface area contributed by atoms with Gasteiger partial charge in [0.15, 0.2) is 17.2 Å². The maximum Gasteiger partial charge on any atom is 0.330 e. The van der Waals surface area contributed by atoms with Crippen LogP contribution >= 0.6 is 0 Å². The molecule has 1 atom stereocenters. The quantitative estimate of drug-likeness (QED) is 0.538. The van der Waals surface area contributed by atoms with E-state index < -0.39 is 11.2 Å². The van der Waals surface area contributed by atoms with Gasteiger partial charge >= 0.3 is 5.69 Å². The zero-order valence-corrected chi connectivity index (χ0v) is 20.1. The van der Waals surface area contributed by atoms with Crippen molar-refractivity contribution in [1.29, 1.82) is 0 Å². The summed E-state index contributed by atoms with van der Waals surface area (Å²) in [6, 6.07) is 15.2. The van der Waals surface area contributed by atoms with E-state index in [0.29, 0.717) is 19.0 Å². The Balaban J connectivity index is 1.36. The predicted molar refractivity (Wildman–Crippen MR) is 136 cm³/mol. The molecule has 0 spiro atoms. The highest BCUT2D eigenvalue weighted by atomic mass is 16.6. The van der Waals surface area contributed by atoms with Crippen molar-refractivity contribution in [1.82, 2.24) is 14.5 Å². The van der Waals surface area contributed by atoms with E-state index in [2.05, 4.69) is 9.88 Å². The molecule has 1 fully saturated rings. The number of aromatic nitrogens is 2. The van der Waals surface area contributed by atoms with E-state index in [9.17, 15) is 14.4 Å². The number of anilines is 2. The fourth-order valence-electron chi connectivity index (χ4n) is 4.89. The number of likely N-dealkylation sites (tertiary alicyclic amines) is 1. The van der Waals surface area contributed by atoms with Crippen LogP contribution in [0.3, 0.4) is 0 Å². The van der Waals surface area contributed by atoms with Crippen molar-refractivity contribution in [2.24, 2.45) is 0 Å². The second kappa shape index (κ2) is 9.90. The van der Waals surface area contributed by atoms with Crippen LogP contribution in [0, 0.1) is 0 Å². The van der Waals surface area contributed by atoms with Gasteiger partial charge in [-0.15, -0.1) is 0 Å². The first-order valence-electron chi connectivity index (χ1n) is 12.0. The number of H-pyrrole nitrogens is 1. The number of hydrogen-bond acceptors (Lipinski definition) is 7. The number of benzene rings is 2. The van der Waals surface area contributed by atoms with Gasteiger partial charge in [-0.3, -0.25) is 24.0 Å². The Morgan fingerprint density at radius 3 is 2.64 bits per heavy atom. The van der Waals surface area contributed by atoms with Crippen LogP contribution < -0.4 is 31.4 Å². The van der Waals surface area contributed by atoms with E-state index in [1.807, 2.05) is 48.5 Å². The minimum Gasteiger partial charge on any atom is -0.486 e. The number of ether oxygens (including phenoxy) is 2. The maximum atomic E-state index is 13.3. The Kier molecular flexibility index (Phi) is 6.51. The standard InChI is InChI=1S/C26H29N5O5/c1-29(23-24(27)31(26(34)28-25(23)33)15-17-6-3-2-4-7-17)22(32)16-30-11-5-8-19(30)18-9-10-20-21(14-18)36-13-12-35-20/h2-4,6-7,9-10,14,19H,5,8,11-13,15-16,27H2,1H3,(H,28,33,34). The summed E-state index contributed by atoms with van der Waals surface area (Å²) in [5.74, 6) is 1.11. The van der Waals surface area contributed by atoms with Gasteiger partial charge in [-0.1, -0.05) is 36.4 Å². The fourth-order valence-corrected chi connectivity index (χ4v) is 4.89. The Labute approximate surface area is 207 Å². The molecule has 1 aromatic heterocycles. The molecule has 3 heterocycles. The molecule has 0 bridgehead atoms. The number of nitrogens with two attached hydrogens (primary N) is 1. The highest BCUT2D eigenvalue weighted by Crippen LogP contribution is 2.38. The first-order chi connectivity index (χ1) is 17.4. The molecular formula is C26H29N5O5. The molecule has 0 aliphatic carbocycles. The monoisotopic (exact) mass is 491 g/mol. The van der Waals surface area contributed by atoms with E-state index in [1.165, 1.54) is 16.5 Å². The molecule has 5 rings (SSSR count). The van der Waals surface area contributed by atoms with Gasteiger partial charge in [0, 0.05) is 13.1 Å². The lowest BCUT2D eigenvalue weighted by atomic mass is 10.0. The van der Waals surface area contributed by atoms with Crippen molar-refractivity contribution in [3.8, 4) is 11.5 Å². The number of nitrogens with zero attached hydrogens (tertiary/aromatic N) is 3. The molecule has 0 radical (unpaired) electrons. The van der Waals surface area contributed by atoms with Crippen molar-refractivity contribution in [3.63, 3.8) is 0 Å². The van der Waals surface area contributed by atoms with E-state index >= 15 is 0 Å². The number of hydrogen-bond donors (Lipinski definition) is 2. The fraction of sp³-hybridized carbons (Fsp3) is 0.346. The number of carbonyl (C=O) groups is 1. The van der Waals surface area contributed by atoms with Gasteiger partial charge in [-0.25, -0.2) is 4.79 Å². The van der Waals surface area contributed by atoms with E-state index in [-0.39, 0.29) is 36.5 Å². The summed E-state index contributed by atoms with van der Waals surface area (Å²) in [7, 11) is 1.51. The normalized spacial score (nSPS) is 17.2. The number of carbonyl (C=O) groups excluding carboxylic acids is 1. The van der Waals surface area contributed by atoms with Crippen LogP contribution in [0.5, 0.6) is 11.5 Å². The summed E-state index contributed by atoms with van der Waals surface area (Å²) >= 11 is 0. The van der Waals surface area contributed by atoms with Gasteiger partial charge in [0.2, 0.25) is 5.91 Å². The van der Waals surface area contributed by atoms with Crippen molar-refractivity contribution in [2.75, 3.05) is 44.0 Å². The zero-order chi connectivity index (χ0) is 25.2. The minimum atomic E-state index is -0.692. The van der Waals surface area contributed by atoms with Crippen LogP contribution in [0.15, 0.2) is 58.1 Å². The third kappa shape index (κ3) is 4.59. The SMILES string of the molecule is CN(C(=O)CN1CCCC1c1ccc2c(c1)OCCO2)c1c(N)n(Cc2ccccc2)c(=O)[nH]c1=O. The van der Waals surface area contributed by atoms with Crippen LogP contribution in [0.4, 0.5) is 11.5 Å². The zero-order valence-electron chi connectivity index (χ0n) is 20.1. The van der Waals surface area contributed by atoms with Gasteiger partial charge in [0.1, 0.15) is 19.0 Å². The molecule has 3 N–H and O–H groups in total. The number of fused-ring (bicyclic) bond motifs is 1. The summed E-state index contributed by atoms with van der Waals surface area (Å²) in [5, 5.41) is 0. The van der Waals surface area contributed by atoms with Crippen LogP contribution in [0.2, 0.25) is 0 Å². The summed E-state index contributed by atoms with van der Waals surface area (Å²) < 4.78 is 12.6. The lowest BCUT2D eigenvalue weighted by Gasteiger charge is -2.28. The number of aromatic amines is 1. The Morgan fingerprint density at radius 1 is 1.11 bits per heavy atom. The molecule has 36 heavy (non-hydrogen) atoms. The Bertz CT molecular complexity index is 1380. The number of nitrogens with one attached hydrogen (secondary N) is 1. The first-order valence-corrected chi connectivity index (χ1v) is 12.0. The Morgan fingerprint density at radius 2 is 1.86 bits per heavy atom. The molecule has 188 valence electrons. The van der Waals surface area contributed by atoms with E-state index in [1.54, 1.807) is 0 Å². The third-order valence-corrected chi connectivity index (χ3v) is 6.76. The summed E-state index contributed by atoms with van der Waals surface area (Å²) in [5.41, 5.74) is 6.82. The molecule has 1 unspecified atom stereocenters. The van der Waals surface area contributed by atoms with Gasteiger partial charge in [-0.2, -0.15) is 0 Å². The molecule has 2 aliphatic heterocycles. The van der Waals surface area contributed by atoms with E-state index in [0.717, 1.165) is 36.3 Å². The average molecular weight is 492 g/mol. The van der Waals surface area contributed by atoms with Crippen LogP contribution in [0.25, 0.3) is 0 Å². The van der Waals surface area contributed by atoms with Crippen molar-refractivity contribution < 1.29 is 14.3 Å². The second-order valence-corrected chi connectivity index (χ2v) is 9.05. The number of likely N-dealkylation sites (N-methyl/N-ethyl adjacent to an activating group) is 1. The van der Waals surface area contributed by atoms with Crippen LogP contribution in [-0.4, -0.2) is 53.7 Å². The molecule has 0 saturated carbocycles. The van der Waals surface area contributed by atoms with E-state index in [4.69, 9.17) is 15.2 Å². The molecule has 3 aromatic rings. The van der Waals surface area contributed by atoms with Crippen LogP contribution in [0.1, 0.15) is 30.0 Å². The van der Waals surface area contributed by atoms with Crippen molar-refractivity contribution in [2.45, 2.75) is 25.4 Å². The van der Waals surface area contributed by atoms with Crippen LogP contribution in [-0.2, 0) is 11.3 Å². The summed E-state index contributed by atoms with van der Waals surface area (Å²) in [4.78, 5) is 44.1. The molecule has 10 nitrogen and oxygen atoms in total. The highest BCUT2D eigenvalue weighted by molar-refractivity contribution is 5.96. The lowest BCUT2D eigenvalue weighted by Crippen LogP contribution is -2.43. The molecule has 2 aliphatic rings. The lowest BCUT2D eigenvalue weighted by molar-refractivity contribution is -0.119. The maximum absolute atomic E-state index is 13.3. The molecule has 1 saturated heterocycles. The van der Waals surface area contributed by atoms with Gasteiger partial charge < -0.3 is 20.1 Å². The summed E-state index contributed by atoms with van der Waals surface area (Å²) in [6.45, 7) is 2.07. The third-order valence-electron chi connectivity index (χ3n) is 6.76. The highest BCUT2D eigenvalue weighted by Gasteiger charge is 2.31. The van der Waals surface area contributed by atoms with Gasteiger partial charge in [0.25, 0.3) is 5.56 Å². The largest absolute Gasteiger partial charge is 0.486 e. The van der Waals surface area contributed by atoms with Crippen molar-refractivity contribution in [3.05, 3.63) is 80.5 Å². The topological polar surface area (TPSA) is 123 Å². The molecule has 2 aromatic carbocycles. The van der Waals surface area contributed by atoms with Gasteiger partial charge in [0.05, 0.1) is 13.1 Å². The molecule has 1 amide bonds. The average Bonchev–Trinajstić information content (AvgIpc) is 3.34. The molecule has 10 heteroatoms. The minimum absolute atomic E-state index is 0.0365. The number of nitrogen functional groups attached to an aromatic ring is 1. The van der Waals surface area contributed by atoms with Gasteiger partial charge in [-0.05, 0) is 42.6 Å². The summed E-state index contributed by atoms with van der Waals surface area (Å²) in [6.07, 6.45) is 1.85. The first kappa shape index (κ1) is 23.7. The predicted octanol–water partition coefficient (Wildman–Crippen LogP) is 1.74. The van der Waals surface area contributed by atoms with Crippen molar-refractivity contribution >= 4 is 17.4 Å².